The number of rotatable bonds is 4. The molecule has 2 aromatic rings. The minimum Gasteiger partial charge on any atom is -0.207 e. The average molecular weight is 307 g/mol. The van der Waals surface area contributed by atoms with Crippen LogP contribution in [0.15, 0.2) is 41.3 Å². The van der Waals surface area contributed by atoms with Crippen LogP contribution in [0.25, 0.3) is 0 Å². The maximum absolute atomic E-state index is 13.3. The van der Waals surface area contributed by atoms with Crippen molar-refractivity contribution in [3.63, 3.8) is 0 Å². The standard InChI is InChI=1S/C16H18FNO2S/c1-11-5-4-6-14(7-11)10-18-21(19,20)16-12(2)8-15(17)9-13(16)3/h4-9,18H,10H2,1-3H3. The molecule has 0 spiro atoms. The molecular formula is C16H18FNO2S. The second kappa shape index (κ2) is 5.95. The van der Waals surface area contributed by atoms with E-state index in [9.17, 15) is 12.8 Å². The molecule has 0 bridgehead atoms. The molecule has 0 saturated carbocycles. The van der Waals surface area contributed by atoms with Gasteiger partial charge in [0, 0.05) is 6.54 Å². The van der Waals surface area contributed by atoms with Crippen molar-refractivity contribution in [2.75, 3.05) is 0 Å². The van der Waals surface area contributed by atoms with Crippen LogP contribution in [0, 0.1) is 26.6 Å². The molecule has 21 heavy (non-hydrogen) atoms. The lowest BCUT2D eigenvalue weighted by Gasteiger charge is -2.12. The summed E-state index contributed by atoms with van der Waals surface area (Å²) in [5, 5.41) is 0. The van der Waals surface area contributed by atoms with Crippen molar-refractivity contribution in [3.05, 3.63) is 64.5 Å². The molecule has 0 radical (unpaired) electrons. The molecular weight excluding hydrogens is 289 g/mol. The molecule has 0 saturated heterocycles. The first kappa shape index (κ1) is 15.7. The van der Waals surface area contributed by atoms with Crippen LogP contribution in [0.5, 0.6) is 0 Å². The molecule has 0 fully saturated rings. The minimum absolute atomic E-state index is 0.150. The zero-order chi connectivity index (χ0) is 15.6. The average Bonchev–Trinajstić information content (AvgIpc) is 2.35. The van der Waals surface area contributed by atoms with Crippen LogP contribution < -0.4 is 4.72 Å². The molecule has 0 aliphatic rings. The van der Waals surface area contributed by atoms with Gasteiger partial charge in [-0.25, -0.2) is 17.5 Å². The summed E-state index contributed by atoms with van der Waals surface area (Å²) in [6.07, 6.45) is 0. The Hall–Kier alpha value is -1.72. The van der Waals surface area contributed by atoms with Crippen molar-refractivity contribution in [2.45, 2.75) is 32.2 Å². The van der Waals surface area contributed by atoms with Crippen LogP contribution in [0.3, 0.4) is 0 Å². The lowest BCUT2D eigenvalue weighted by Crippen LogP contribution is -2.25. The minimum atomic E-state index is -3.67. The van der Waals surface area contributed by atoms with Gasteiger partial charge in [-0.05, 0) is 49.6 Å². The summed E-state index contributed by atoms with van der Waals surface area (Å²) in [4.78, 5) is 0.150. The Kier molecular flexibility index (Phi) is 4.44. The van der Waals surface area contributed by atoms with Crippen molar-refractivity contribution in [1.29, 1.82) is 0 Å². The quantitative estimate of drug-likeness (QED) is 0.942. The number of sulfonamides is 1. The molecule has 0 aliphatic heterocycles. The molecule has 0 heterocycles. The predicted molar refractivity (Wildman–Crippen MR) is 81.1 cm³/mol. The Bertz CT molecular complexity index is 747. The molecule has 112 valence electrons. The second-order valence-electron chi connectivity index (χ2n) is 5.18. The van der Waals surface area contributed by atoms with E-state index in [-0.39, 0.29) is 11.4 Å². The van der Waals surface area contributed by atoms with Gasteiger partial charge in [0.2, 0.25) is 10.0 Å². The van der Waals surface area contributed by atoms with Gasteiger partial charge in [-0.2, -0.15) is 0 Å². The molecule has 2 aromatic carbocycles. The van der Waals surface area contributed by atoms with Crippen molar-refractivity contribution in [2.24, 2.45) is 0 Å². The summed E-state index contributed by atoms with van der Waals surface area (Å²) in [5.41, 5.74) is 2.77. The summed E-state index contributed by atoms with van der Waals surface area (Å²) in [6.45, 7) is 5.35. The van der Waals surface area contributed by atoms with Crippen molar-refractivity contribution >= 4 is 10.0 Å². The number of hydrogen-bond acceptors (Lipinski definition) is 2. The number of aryl methyl sites for hydroxylation is 3. The summed E-state index contributed by atoms with van der Waals surface area (Å²) < 4.78 is 40.7. The van der Waals surface area contributed by atoms with Gasteiger partial charge in [0.15, 0.2) is 0 Å². The van der Waals surface area contributed by atoms with Crippen LogP contribution >= 0.6 is 0 Å². The number of nitrogens with one attached hydrogen (secondary N) is 1. The van der Waals surface area contributed by atoms with E-state index in [1.165, 1.54) is 12.1 Å². The normalized spacial score (nSPS) is 11.6. The van der Waals surface area contributed by atoms with Gasteiger partial charge in [-0.1, -0.05) is 29.8 Å². The highest BCUT2D eigenvalue weighted by Crippen LogP contribution is 2.21. The summed E-state index contributed by atoms with van der Waals surface area (Å²) in [7, 11) is -3.67. The van der Waals surface area contributed by atoms with Crippen molar-refractivity contribution in [1.82, 2.24) is 4.72 Å². The first-order chi connectivity index (χ1) is 9.79. The summed E-state index contributed by atoms with van der Waals surface area (Å²) >= 11 is 0. The van der Waals surface area contributed by atoms with Gasteiger partial charge in [-0.3, -0.25) is 0 Å². The van der Waals surface area contributed by atoms with Gasteiger partial charge in [-0.15, -0.1) is 0 Å². The Balaban J connectivity index is 2.27. The Morgan fingerprint density at radius 1 is 1.05 bits per heavy atom. The fraction of sp³-hybridized carbons (Fsp3) is 0.250. The van der Waals surface area contributed by atoms with Crippen LogP contribution in [-0.2, 0) is 16.6 Å². The number of hydrogen-bond donors (Lipinski definition) is 1. The summed E-state index contributed by atoms with van der Waals surface area (Å²) in [5.74, 6) is -0.428. The monoisotopic (exact) mass is 307 g/mol. The van der Waals surface area contributed by atoms with Crippen LogP contribution in [-0.4, -0.2) is 8.42 Å². The molecule has 2 rings (SSSR count). The lowest BCUT2D eigenvalue weighted by molar-refractivity contribution is 0.578. The van der Waals surface area contributed by atoms with E-state index in [4.69, 9.17) is 0 Å². The number of halogens is 1. The van der Waals surface area contributed by atoms with E-state index in [0.717, 1.165) is 11.1 Å². The van der Waals surface area contributed by atoms with E-state index < -0.39 is 15.8 Å². The van der Waals surface area contributed by atoms with Gasteiger partial charge in [0.1, 0.15) is 5.82 Å². The largest absolute Gasteiger partial charge is 0.241 e. The third-order valence-corrected chi connectivity index (χ3v) is 4.95. The number of benzene rings is 2. The van der Waals surface area contributed by atoms with Crippen molar-refractivity contribution < 1.29 is 12.8 Å². The van der Waals surface area contributed by atoms with Crippen LogP contribution in [0.2, 0.25) is 0 Å². The fourth-order valence-electron chi connectivity index (χ4n) is 2.39. The van der Waals surface area contributed by atoms with E-state index in [1.54, 1.807) is 13.8 Å². The summed E-state index contributed by atoms with van der Waals surface area (Å²) in [6, 6.07) is 10.1. The van der Waals surface area contributed by atoms with Gasteiger partial charge < -0.3 is 0 Å². The maximum Gasteiger partial charge on any atom is 0.241 e. The zero-order valence-electron chi connectivity index (χ0n) is 12.3. The zero-order valence-corrected chi connectivity index (χ0v) is 13.1. The van der Waals surface area contributed by atoms with Gasteiger partial charge in [0.25, 0.3) is 0 Å². The molecule has 0 aliphatic carbocycles. The Morgan fingerprint density at radius 2 is 1.67 bits per heavy atom. The third-order valence-electron chi connectivity index (χ3n) is 3.24. The van der Waals surface area contributed by atoms with Crippen LogP contribution in [0.4, 0.5) is 4.39 Å². The Morgan fingerprint density at radius 3 is 2.24 bits per heavy atom. The topological polar surface area (TPSA) is 46.2 Å². The predicted octanol–water partition coefficient (Wildman–Crippen LogP) is 3.23. The SMILES string of the molecule is Cc1cccc(CNS(=O)(=O)c2c(C)cc(F)cc2C)c1. The second-order valence-corrected chi connectivity index (χ2v) is 6.89. The molecule has 0 unspecified atom stereocenters. The van der Waals surface area contributed by atoms with Gasteiger partial charge in [0.05, 0.1) is 4.90 Å². The molecule has 0 atom stereocenters. The molecule has 3 nitrogen and oxygen atoms in total. The first-order valence-corrected chi connectivity index (χ1v) is 8.10. The fourth-order valence-corrected chi connectivity index (χ4v) is 3.86. The highest BCUT2D eigenvalue weighted by Gasteiger charge is 2.20. The lowest BCUT2D eigenvalue weighted by atomic mass is 10.1. The van der Waals surface area contributed by atoms with Gasteiger partial charge >= 0.3 is 0 Å². The highest BCUT2D eigenvalue weighted by molar-refractivity contribution is 7.89. The molecule has 0 aromatic heterocycles. The third kappa shape index (κ3) is 3.68. The molecule has 0 amide bonds. The van der Waals surface area contributed by atoms with E-state index >= 15 is 0 Å². The molecule has 5 heteroatoms. The van der Waals surface area contributed by atoms with E-state index in [2.05, 4.69) is 4.72 Å². The molecule has 1 N–H and O–H groups in total. The Labute approximate surface area is 124 Å². The van der Waals surface area contributed by atoms with Crippen molar-refractivity contribution in [3.8, 4) is 0 Å². The van der Waals surface area contributed by atoms with Crippen LogP contribution in [0.1, 0.15) is 22.3 Å². The van der Waals surface area contributed by atoms with E-state index in [0.29, 0.717) is 11.1 Å². The van der Waals surface area contributed by atoms with E-state index in [1.807, 2.05) is 31.2 Å². The smallest absolute Gasteiger partial charge is 0.207 e. The first-order valence-electron chi connectivity index (χ1n) is 6.61. The highest BCUT2D eigenvalue weighted by atomic mass is 32.2. The maximum atomic E-state index is 13.3.